The highest BCUT2D eigenvalue weighted by Crippen LogP contribution is 2.12. The van der Waals surface area contributed by atoms with E-state index >= 15 is 0 Å². The van der Waals surface area contributed by atoms with Crippen LogP contribution in [0.3, 0.4) is 0 Å². The van der Waals surface area contributed by atoms with Crippen LogP contribution >= 0.6 is 11.6 Å². The summed E-state index contributed by atoms with van der Waals surface area (Å²) in [5, 5.41) is 12.1. The molecule has 0 unspecified atom stereocenters. The van der Waals surface area contributed by atoms with Crippen molar-refractivity contribution in [2.75, 3.05) is 5.32 Å². The van der Waals surface area contributed by atoms with Crippen LogP contribution < -0.4 is 5.32 Å². The van der Waals surface area contributed by atoms with E-state index in [-0.39, 0.29) is 5.82 Å². The number of allylic oxidation sites excluding steroid dienone is 1. The van der Waals surface area contributed by atoms with Crippen LogP contribution in [0.2, 0.25) is 5.02 Å². The van der Waals surface area contributed by atoms with Crippen molar-refractivity contribution in [2.24, 2.45) is 5.92 Å². The number of hydrogen-bond donors (Lipinski definition) is 1. The molecule has 114 valence electrons. The Balaban J connectivity index is 2.05. The predicted molar refractivity (Wildman–Crippen MR) is 87.5 cm³/mol. The summed E-state index contributed by atoms with van der Waals surface area (Å²) in [6.07, 6.45) is 4.23. The lowest BCUT2D eigenvalue weighted by Crippen LogP contribution is -2.27. The number of nitriles is 1. The van der Waals surface area contributed by atoms with Crippen molar-refractivity contribution in [3.05, 3.63) is 65.3 Å². The zero-order valence-corrected chi connectivity index (χ0v) is 12.7. The monoisotopic (exact) mass is 325 g/mol. The Morgan fingerprint density at radius 1 is 1.22 bits per heavy atom. The number of pyridine rings is 1. The summed E-state index contributed by atoms with van der Waals surface area (Å²) in [5.41, 5.74) is 0.740. The molecule has 2 rings (SSSR count). The third kappa shape index (κ3) is 4.77. The van der Waals surface area contributed by atoms with E-state index in [0.29, 0.717) is 5.02 Å². The third-order valence-corrected chi connectivity index (χ3v) is 3.15. The Morgan fingerprint density at radius 3 is 2.57 bits per heavy atom. The van der Waals surface area contributed by atoms with Crippen molar-refractivity contribution in [1.82, 2.24) is 4.98 Å². The molecule has 1 N–H and O–H groups in total. The molecule has 1 aromatic carbocycles. The summed E-state index contributed by atoms with van der Waals surface area (Å²) in [6.45, 7) is 0. The van der Waals surface area contributed by atoms with E-state index in [0.717, 1.165) is 5.56 Å². The fourth-order valence-electron chi connectivity index (χ4n) is 1.74. The van der Waals surface area contributed by atoms with Crippen LogP contribution in [0, 0.1) is 17.2 Å². The molecule has 0 fully saturated rings. The van der Waals surface area contributed by atoms with E-state index in [1.807, 2.05) is 0 Å². The second-order valence-electron chi connectivity index (χ2n) is 4.55. The molecule has 1 heterocycles. The molecule has 0 aliphatic rings. The van der Waals surface area contributed by atoms with Crippen molar-refractivity contribution in [1.29, 1.82) is 5.26 Å². The van der Waals surface area contributed by atoms with Gasteiger partial charge in [0.05, 0.1) is 6.07 Å². The molecule has 6 heteroatoms. The van der Waals surface area contributed by atoms with Gasteiger partial charge in [0, 0.05) is 11.2 Å². The highest BCUT2D eigenvalue weighted by atomic mass is 35.5. The minimum absolute atomic E-state index is 0.284. The molecular weight excluding hydrogens is 314 g/mol. The van der Waals surface area contributed by atoms with Crippen molar-refractivity contribution >= 4 is 35.2 Å². The summed E-state index contributed by atoms with van der Waals surface area (Å²) in [7, 11) is 0. The number of aromatic nitrogens is 1. The number of nitrogens with one attached hydrogen (secondary N) is 1. The number of rotatable bonds is 5. The maximum atomic E-state index is 12.0. The number of anilines is 1. The van der Waals surface area contributed by atoms with Gasteiger partial charge in [-0.05, 0) is 35.9 Å². The van der Waals surface area contributed by atoms with Crippen LogP contribution in [-0.2, 0) is 9.59 Å². The van der Waals surface area contributed by atoms with Crippen LogP contribution in [0.15, 0.2) is 54.7 Å². The lowest BCUT2D eigenvalue weighted by molar-refractivity contribution is -0.126. The topological polar surface area (TPSA) is 82.8 Å². The van der Waals surface area contributed by atoms with Crippen molar-refractivity contribution in [2.45, 2.75) is 0 Å². The number of benzene rings is 1. The maximum Gasteiger partial charge on any atom is 0.250 e. The van der Waals surface area contributed by atoms with E-state index in [9.17, 15) is 9.59 Å². The average molecular weight is 326 g/mol. The Hall–Kier alpha value is -2.97. The molecule has 0 spiro atoms. The predicted octanol–water partition coefficient (Wildman–Crippen LogP) is 3.10. The molecule has 1 amide bonds. The minimum atomic E-state index is -1.43. The summed E-state index contributed by atoms with van der Waals surface area (Å²) in [6, 6.07) is 13.5. The molecule has 0 bridgehead atoms. The highest BCUT2D eigenvalue weighted by molar-refractivity contribution is 6.30. The largest absolute Gasteiger partial charge is 0.309 e. The molecule has 23 heavy (non-hydrogen) atoms. The normalized spacial score (nSPS) is 11.7. The first-order valence-corrected chi connectivity index (χ1v) is 7.07. The summed E-state index contributed by atoms with van der Waals surface area (Å²) < 4.78 is 0. The van der Waals surface area contributed by atoms with Gasteiger partial charge in [0.2, 0.25) is 0 Å². The average Bonchev–Trinajstić information content (AvgIpc) is 2.56. The molecule has 2 aromatic rings. The van der Waals surface area contributed by atoms with Gasteiger partial charge in [-0.2, -0.15) is 5.26 Å². The maximum absolute atomic E-state index is 12.0. The van der Waals surface area contributed by atoms with Crippen molar-refractivity contribution in [3.8, 4) is 6.07 Å². The van der Waals surface area contributed by atoms with Crippen LogP contribution in [0.1, 0.15) is 5.56 Å². The molecule has 0 aliphatic carbocycles. The van der Waals surface area contributed by atoms with Gasteiger partial charge in [-0.25, -0.2) is 4.98 Å². The fraction of sp³-hybridized carbons (Fsp3) is 0.0588. The van der Waals surface area contributed by atoms with Crippen LogP contribution in [-0.4, -0.2) is 16.7 Å². The SMILES string of the molecule is N#C[C@H](C(=O)/C=C\c1ccc(Cl)cc1)C(=O)Nc1ccccn1. The number of carbonyl (C=O) groups is 2. The van der Waals surface area contributed by atoms with Crippen molar-refractivity contribution in [3.63, 3.8) is 0 Å². The van der Waals surface area contributed by atoms with Gasteiger partial charge < -0.3 is 5.32 Å². The molecule has 0 saturated heterocycles. The number of nitrogens with zero attached hydrogens (tertiary/aromatic N) is 2. The van der Waals surface area contributed by atoms with E-state index in [4.69, 9.17) is 16.9 Å². The van der Waals surface area contributed by atoms with Crippen LogP contribution in [0.4, 0.5) is 5.82 Å². The Morgan fingerprint density at radius 2 is 1.96 bits per heavy atom. The van der Waals surface area contributed by atoms with Gasteiger partial charge >= 0.3 is 0 Å². The number of amides is 1. The number of ketones is 1. The molecular formula is C17H12ClN3O2. The number of hydrogen-bond acceptors (Lipinski definition) is 4. The van der Waals surface area contributed by atoms with Crippen LogP contribution in [0.5, 0.6) is 0 Å². The Kier molecular flexibility index (Phi) is 5.61. The summed E-state index contributed by atoms with van der Waals surface area (Å²) in [4.78, 5) is 27.9. The molecule has 0 aliphatic heterocycles. The number of carbonyl (C=O) groups excluding carboxylic acids is 2. The lowest BCUT2D eigenvalue weighted by atomic mass is 10.0. The first-order chi connectivity index (χ1) is 11.1. The molecule has 0 saturated carbocycles. The van der Waals surface area contributed by atoms with Gasteiger partial charge in [-0.1, -0.05) is 35.9 Å². The second kappa shape index (κ2) is 7.87. The smallest absolute Gasteiger partial charge is 0.250 e. The first-order valence-electron chi connectivity index (χ1n) is 6.69. The zero-order valence-electron chi connectivity index (χ0n) is 11.9. The molecule has 1 aromatic heterocycles. The van der Waals surface area contributed by atoms with Gasteiger partial charge in [0.15, 0.2) is 11.7 Å². The molecule has 0 radical (unpaired) electrons. The minimum Gasteiger partial charge on any atom is -0.309 e. The lowest BCUT2D eigenvalue weighted by Gasteiger charge is -2.06. The van der Waals surface area contributed by atoms with Gasteiger partial charge in [0.1, 0.15) is 5.82 Å². The van der Waals surface area contributed by atoms with E-state index in [1.165, 1.54) is 18.3 Å². The third-order valence-electron chi connectivity index (χ3n) is 2.90. The molecule has 1 atom stereocenters. The Labute approximate surface area is 138 Å². The van der Waals surface area contributed by atoms with Gasteiger partial charge in [-0.3, -0.25) is 9.59 Å². The van der Waals surface area contributed by atoms with Gasteiger partial charge in [-0.15, -0.1) is 0 Å². The number of halogens is 1. The standard InChI is InChI=1S/C17H12ClN3O2/c18-13-7-4-12(5-8-13)6-9-15(22)14(11-19)17(23)21-16-3-1-2-10-20-16/h1-10,14H,(H,20,21,23)/b9-6-/t14-/m1/s1. The van der Waals surface area contributed by atoms with E-state index in [2.05, 4.69) is 10.3 Å². The van der Waals surface area contributed by atoms with E-state index < -0.39 is 17.6 Å². The summed E-state index contributed by atoms with van der Waals surface area (Å²) >= 11 is 5.77. The van der Waals surface area contributed by atoms with Gasteiger partial charge in [0.25, 0.3) is 5.91 Å². The quantitative estimate of drug-likeness (QED) is 0.676. The molecule has 5 nitrogen and oxygen atoms in total. The first kappa shape index (κ1) is 16.4. The van der Waals surface area contributed by atoms with E-state index in [1.54, 1.807) is 48.5 Å². The summed E-state index contributed by atoms with van der Waals surface area (Å²) in [5.74, 6) is -2.46. The second-order valence-corrected chi connectivity index (χ2v) is 4.99. The fourth-order valence-corrected chi connectivity index (χ4v) is 1.86. The highest BCUT2D eigenvalue weighted by Gasteiger charge is 2.24. The van der Waals surface area contributed by atoms with Crippen LogP contribution in [0.25, 0.3) is 6.08 Å². The Bertz CT molecular complexity index is 765. The zero-order chi connectivity index (χ0) is 16.7. The van der Waals surface area contributed by atoms with Crippen molar-refractivity contribution < 1.29 is 9.59 Å².